The first kappa shape index (κ1) is 17.4. The number of rotatable bonds is 3. The first-order valence-electron chi connectivity index (χ1n) is 5.84. The highest BCUT2D eigenvalue weighted by atomic mass is 79.9. The van der Waals surface area contributed by atoms with Gasteiger partial charge in [-0.1, -0.05) is 0 Å². The molecule has 110 valence electrons. The molecule has 2 heterocycles. The summed E-state index contributed by atoms with van der Waals surface area (Å²) in [7, 11) is -3.38. The maximum Gasteiger partial charge on any atom is 0.244 e. The first-order valence-corrected chi connectivity index (χ1v) is 8.89. The maximum absolute atomic E-state index is 12.6. The second-order valence-corrected chi connectivity index (χ2v) is 9.23. The van der Waals surface area contributed by atoms with Gasteiger partial charge in [-0.15, -0.1) is 23.7 Å². The van der Waals surface area contributed by atoms with Crippen LogP contribution in [0.1, 0.15) is 18.2 Å². The number of thiophene rings is 1. The number of nitrogens with two attached hydrogens (primary N) is 1. The molecule has 0 aromatic carbocycles. The Morgan fingerprint density at radius 1 is 1.58 bits per heavy atom. The standard InChI is InChI=1S/C11H17BrN2O2S2.ClH/c1-7-3-9(5-13)6-14(7)18(15,16)10-4-11(12)17-8(10)2;/h4,7,9H,3,5-6,13H2,1-2H3;1H. The molecule has 0 saturated carbocycles. The van der Waals surface area contributed by atoms with Crippen LogP contribution in [0.25, 0.3) is 0 Å². The normalized spacial score (nSPS) is 24.4. The molecular formula is C11H18BrClN2O2S2. The Labute approximate surface area is 133 Å². The summed E-state index contributed by atoms with van der Waals surface area (Å²) in [5.41, 5.74) is 5.65. The van der Waals surface area contributed by atoms with E-state index in [1.165, 1.54) is 11.3 Å². The molecule has 0 spiro atoms. The molecule has 1 aromatic rings. The Hall–Kier alpha value is 0.340. The lowest BCUT2D eigenvalue weighted by Crippen LogP contribution is -2.34. The molecule has 0 amide bonds. The minimum Gasteiger partial charge on any atom is -0.330 e. The van der Waals surface area contributed by atoms with Gasteiger partial charge in [-0.2, -0.15) is 4.31 Å². The Morgan fingerprint density at radius 2 is 2.21 bits per heavy atom. The van der Waals surface area contributed by atoms with Crippen LogP contribution < -0.4 is 5.73 Å². The molecule has 1 aromatic heterocycles. The van der Waals surface area contributed by atoms with Crippen molar-refractivity contribution in [3.63, 3.8) is 0 Å². The van der Waals surface area contributed by atoms with Gasteiger partial charge in [-0.3, -0.25) is 0 Å². The van der Waals surface area contributed by atoms with Crippen molar-refractivity contribution in [2.24, 2.45) is 11.7 Å². The molecule has 4 nitrogen and oxygen atoms in total. The van der Waals surface area contributed by atoms with Gasteiger partial charge in [0.1, 0.15) is 0 Å². The largest absolute Gasteiger partial charge is 0.330 e. The molecule has 0 bridgehead atoms. The van der Waals surface area contributed by atoms with E-state index in [-0.39, 0.29) is 24.4 Å². The Kier molecular flexibility index (Phi) is 5.86. The van der Waals surface area contributed by atoms with Crippen LogP contribution in [-0.4, -0.2) is 31.9 Å². The molecule has 1 aliphatic rings. The van der Waals surface area contributed by atoms with E-state index >= 15 is 0 Å². The van der Waals surface area contributed by atoms with Crippen LogP contribution in [0.5, 0.6) is 0 Å². The number of halogens is 2. The minimum absolute atomic E-state index is 0. The second-order valence-electron chi connectivity index (χ2n) is 4.73. The maximum atomic E-state index is 12.6. The lowest BCUT2D eigenvalue weighted by molar-refractivity contribution is 0.404. The van der Waals surface area contributed by atoms with Crippen LogP contribution >= 0.6 is 39.7 Å². The van der Waals surface area contributed by atoms with Crippen LogP contribution in [0.4, 0.5) is 0 Å². The Morgan fingerprint density at radius 3 is 2.63 bits per heavy atom. The topological polar surface area (TPSA) is 63.4 Å². The van der Waals surface area contributed by atoms with Crippen LogP contribution in [0.15, 0.2) is 14.7 Å². The van der Waals surface area contributed by atoms with E-state index in [1.807, 2.05) is 13.8 Å². The van der Waals surface area contributed by atoms with E-state index in [4.69, 9.17) is 5.73 Å². The summed E-state index contributed by atoms with van der Waals surface area (Å²) in [6.45, 7) is 4.86. The molecule has 1 saturated heterocycles. The van der Waals surface area contributed by atoms with Crippen molar-refractivity contribution in [3.05, 3.63) is 14.7 Å². The lowest BCUT2D eigenvalue weighted by atomic mass is 10.1. The predicted molar refractivity (Wildman–Crippen MR) is 84.5 cm³/mol. The van der Waals surface area contributed by atoms with Crippen LogP contribution in [0.2, 0.25) is 0 Å². The zero-order valence-corrected chi connectivity index (χ0v) is 14.8. The molecule has 2 rings (SSSR count). The first-order chi connectivity index (χ1) is 8.36. The average Bonchev–Trinajstić information content (AvgIpc) is 2.82. The fraction of sp³-hybridized carbons (Fsp3) is 0.636. The average molecular weight is 390 g/mol. The van der Waals surface area contributed by atoms with E-state index in [0.29, 0.717) is 18.0 Å². The van der Waals surface area contributed by atoms with Gasteiger partial charge in [0.05, 0.1) is 8.68 Å². The SMILES string of the molecule is Cc1sc(Br)cc1S(=O)(=O)N1CC(CN)CC1C.Cl. The van der Waals surface area contributed by atoms with Crippen molar-refractivity contribution < 1.29 is 8.42 Å². The van der Waals surface area contributed by atoms with Gasteiger partial charge in [0, 0.05) is 17.5 Å². The third kappa shape index (κ3) is 3.33. The van der Waals surface area contributed by atoms with Crippen molar-refractivity contribution in [2.75, 3.05) is 13.1 Å². The second kappa shape index (κ2) is 6.41. The molecule has 2 atom stereocenters. The Balaban J connectivity index is 0.00000180. The lowest BCUT2D eigenvalue weighted by Gasteiger charge is -2.20. The summed E-state index contributed by atoms with van der Waals surface area (Å²) < 4.78 is 27.7. The summed E-state index contributed by atoms with van der Waals surface area (Å²) >= 11 is 4.79. The number of nitrogens with zero attached hydrogens (tertiary/aromatic N) is 1. The molecule has 8 heteroatoms. The quantitative estimate of drug-likeness (QED) is 0.864. The Bertz CT molecular complexity index is 547. The van der Waals surface area contributed by atoms with Gasteiger partial charge in [0.15, 0.2) is 0 Å². The summed E-state index contributed by atoms with van der Waals surface area (Å²) in [4.78, 5) is 1.24. The van der Waals surface area contributed by atoms with Gasteiger partial charge in [-0.25, -0.2) is 8.42 Å². The van der Waals surface area contributed by atoms with Crippen molar-refractivity contribution >= 4 is 49.7 Å². The predicted octanol–water partition coefficient (Wildman–Crippen LogP) is 2.60. The van der Waals surface area contributed by atoms with Crippen molar-refractivity contribution in [1.82, 2.24) is 4.31 Å². The molecule has 1 aliphatic heterocycles. The molecule has 0 radical (unpaired) electrons. The molecule has 0 aliphatic carbocycles. The fourth-order valence-corrected chi connectivity index (χ4v) is 6.53. The molecule has 19 heavy (non-hydrogen) atoms. The van der Waals surface area contributed by atoms with E-state index in [1.54, 1.807) is 10.4 Å². The molecule has 2 unspecified atom stereocenters. The summed E-state index contributed by atoms with van der Waals surface area (Å²) in [5, 5.41) is 0. The summed E-state index contributed by atoms with van der Waals surface area (Å²) in [6, 6.07) is 1.72. The van der Waals surface area contributed by atoms with E-state index < -0.39 is 10.0 Å². The fourth-order valence-electron chi connectivity index (χ4n) is 2.43. The van der Waals surface area contributed by atoms with Gasteiger partial charge in [-0.05, 0) is 54.7 Å². The summed E-state index contributed by atoms with van der Waals surface area (Å²) in [6.07, 6.45) is 0.847. The van der Waals surface area contributed by atoms with Crippen LogP contribution in [0.3, 0.4) is 0 Å². The third-order valence-electron chi connectivity index (χ3n) is 3.37. The third-order valence-corrected chi connectivity index (χ3v) is 7.16. The van der Waals surface area contributed by atoms with E-state index in [0.717, 1.165) is 15.1 Å². The van der Waals surface area contributed by atoms with E-state index in [2.05, 4.69) is 15.9 Å². The van der Waals surface area contributed by atoms with Gasteiger partial charge in [0.25, 0.3) is 0 Å². The van der Waals surface area contributed by atoms with Gasteiger partial charge >= 0.3 is 0 Å². The number of hydrogen-bond donors (Lipinski definition) is 1. The van der Waals surface area contributed by atoms with Crippen molar-refractivity contribution in [3.8, 4) is 0 Å². The molecule has 2 N–H and O–H groups in total. The number of sulfonamides is 1. The van der Waals surface area contributed by atoms with Crippen molar-refractivity contribution in [1.29, 1.82) is 0 Å². The monoisotopic (exact) mass is 388 g/mol. The number of aryl methyl sites for hydroxylation is 1. The highest BCUT2D eigenvalue weighted by Gasteiger charge is 2.38. The van der Waals surface area contributed by atoms with Gasteiger partial charge in [0.2, 0.25) is 10.0 Å². The zero-order valence-electron chi connectivity index (χ0n) is 10.8. The molecule has 1 fully saturated rings. The van der Waals surface area contributed by atoms with E-state index in [9.17, 15) is 8.42 Å². The summed E-state index contributed by atoms with van der Waals surface area (Å²) in [5.74, 6) is 0.275. The van der Waals surface area contributed by atoms with Gasteiger partial charge < -0.3 is 5.73 Å². The highest BCUT2D eigenvalue weighted by Crippen LogP contribution is 2.35. The molecular weight excluding hydrogens is 372 g/mol. The smallest absolute Gasteiger partial charge is 0.244 e. The zero-order chi connectivity index (χ0) is 13.5. The van der Waals surface area contributed by atoms with Crippen LogP contribution in [-0.2, 0) is 10.0 Å². The highest BCUT2D eigenvalue weighted by molar-refractivity contribution is 9.11. The number of hydrogen-bond acceptors (Lipinski definition) is 4. The van der Waals surface area contributed by atoms with Crippen molar-refractivity contribution in [2.45, 2.75) is 31.2 Å². The van der Waals surface area contributed by atoms with Crippen LogP contribution in [0, 0.1) is 12.8 Å². The minimum atomic E-state index is -3.38.